The molecule has 1 unspecified atom stereocenters. The summed E-state index contributed by atoms with van der Waals surface area (Å²) in [7, 11) is 1.66. The zero-order valence-electron chi connectivity index (χ0n) is 8.48. The molecule has 0 saturated carbocycles. The number of carbonyl (C=O) groups is 1. The Morgan fingerprint density at radius 1 is 1.33 bits per heavy atom. The molecule has 72 valence electrons. The highest BCUT2D eigenvalue weighted by atomic mass is 16.2. The standard InChI is InChI=1S/C9H20N2O/c1-7(2)5-6-11-8(3)9(12)10-4/h7-8,11H,5-6H2,1-4H3,(H,10,12). The molecule has 2 N–H and O–H groups in total. The van der Waals surface area contributed by atoms with Crippen molar-refractivity contribution >= 4 is 5.91 Å². The van der Waals surface area contributed by atoms with Gasteiger partial charge in [-0.25, -0.2) is 0 Å². The first-order chi connectivity index (χ1) is 5.57. The summed E-state index contributed by atoms with van der Waals surface area (Å²) in [6.07, 6.45) is 1.11. The molecule has 0 saturated heterocycles. The van der Waals surface area contributed by atoms with E-state index in [4.69, 9.17) is 0 Å². The SMILES string of the molecule is CNC(=O)C(C)NCCC(C)C. The predicted molar refractivity (Wildman–Crippen MR) is 51.0 cm³/mol. The monoisotopic (exact) mass is 172 g/mol. The van der Waals surface area contributed by atoms with E-state index in [9.17, 15) is 4.79 Å². The van der Waals surface area contributed by atoms with Gasteiger partial charge in [0.25, 0.3) is 0 Å². The van der Waals surface area contributed by atoms with Gasteiger partial charge in [-0.1, -0.05) is 13.8 Å². The van der Waals surface area contributed by atoms with Gasteiger partial charge in [-0.15, -0.1) is 0 Å². The van der Waals surface area contributed by atoms with E-state index in [0.717, 1.165) is 13.0 Å². The number of amides is 1. The Labute approximate surface area is 74.9 Å². The van der Waals surface area contributed by atoms with Gasteiger partial charge in [0.05, 0.1) is 6.04 Å². The van der Waals surface area contributed by atoms with Crippen LogP contribution < -0.4 is 10.6 Å². The smallest absolute Gasteiger partial charge is 0.236 e. The molecule has 0 aliphatic heterocycles. The van der Waals surface area contributed by atoms with E-state index in [2.05, 4.69) is 24.5 Å². The Morgan fingerprint density at radius 2 is 1.92 bits per heavy atom. The minimum absolute atomic E-state index is 0.0544. The van der Waals surface area contributed by atoms with Crippen molar-refractivity contribution in [2.45, 2.75) is 33.2 Å². The maximum Gasteiger partial charge on any atom is 0.236 e. The summed E-state index contributed by atoms with van der Waals surface area (Å²) in [5, 5.41) is 5.75. The summed E-state index contributed by atoms with van der Waals surface area (Å²) in [6, 6.07) is -0.0752. The normalized spacial score (nSPS) is 13.1. The molecular weight excluding hydrogens is 152 g/mol. The number of rotatable bonds is 5. The fraction of sp³-hybridized carbons (Fsp3) is 0.889. The average molecular weight is 172 g/mol. The van der Waals surface area contributed by atoms with Gasteiger partial charge in [0, 0.05) is 7.05 Å². The van der Waals surface area contributed by atoms with Gasteiger partial charge in [0.2, 0.25) is 5.91 Å². The summed E-state index contributed by atoms with van der Waals surface area (Å²) >= 11 is 0. The molecule has 3 nitrogen and oxygen atoms in total. The van der Waals surface area contributed by atoms with Gasteiger partial charge in [0.1, 0.15) is 0 Å². The second-order valence-corrected chi connectivity index (χ2v) is 3.47. The zero-order chi connectivity index (χ0) is 9.56. The molecule has 0 aromatic carbocycles. The summed E-state index contributed by atoms with van der Waals surface area (Å²) in [5.41, 5.74) is 0. The van der Waals surface area contributed by atoms with Crippen molar-refractivity contribution in [2.75, 3.05) is 13.6 Å². The lowest BCUT2D eigenvalue weighted by Crippen LogP contribution is -2.41. The van der Waals surface area contributed by atoms with Crippen LogP contribution in [0.15, 0.2) is 0 Å². The molecule has 3 heteroatoms. The van der Waals surface area contributed by atoms with Gasteiger partial charge in [-0.3, -0.25) is 4.79 Å². The van der Waals surface area contributed by atoms with Crippen molar-refractivity contribution in [3.05, 3.63) is 0 Å². The summed E-state index contributed by atoms with van der Waals surface area (Å²) in [6.45, 7) is 7.13. The van der Waals surface area contributed by atoms with Crippen LogP contribution in [0.25, 0.3) is 0 Å². The van der Waals surface area contributed by atoms with Gasteiger partial charge in [0.15, 0.2) is 0 Å². The Balaban J connectivity index is 3.43. The highest BCUT2D eigenvalue weighted by molar-refractivity contribution is 5.80. The second kappa shape index (κ2) is 6.00. The molecule has 0 bridgehead atoms. The van der Waals surface area contributed by atoms with E-state index in [1.54, 1.807) is 7.05 Å². The molecule has 0 spiro atoms. The molecule has 12 heavy (non-hydrogen) atoms. The first kappa shape index (κ1) is 11.4. The van der Waals surface area contributed by atoms with E-state index in [1.165, 1.54) is 0 Å². The third-order valence-corrected chi connectivity index (χ3v) is 1.81. The Kier molecular flexibility index (Phi) is 5.72. The van der Waals surface area contributed by atoms with Crippen molar-refractivity contribution in [2.24, 2.45) is 5.92 Å². The van der Waals surface area contributed by atoms with E-state index in [-0.39, 0.29) is 11.9 Å². The molecule has 0 radical (unpaired) electrons. The van der Waals surface area contributed by atoms with Gasteiger partial charge >= 0.3 is 0 Å². The highest BCUT2D eigenvalue weighted by Gasteiger charge is 2.08. The zero-order valence-corrected chi connectivity index (χ0v) is 8.48. The molecule has 0 heterocycles. The predicted octanol–water partition coefficient (Wildman–Crippen LogP) is 0.757. The van der Waals surface area contributed by atoms with Crippen LogP contribution in [-0.4, -0.2) is 25.5 Å². The largest absolute Gasteiger partial charge is 0.358 e. The van der Waals surface area contributed by atoms with E-state index in [1.807, 2.05) is 6.92 Å². The molecule has 0 aliphatic carbocycles. The third kappa shape index (κ3) is 5.13. The Hall–Kier alpha value is -0.570. The first-order valence-corrected chi connectivity index (χ1v) is 4.53. The maximum atomic E-state index is 11.0. The number of hydrogen-bond acceptors (Lipinski definition) is 2. The van der Waals surface area contributed by atoms with Crippen molar-refractivity contribution in [3.63, 3.8) is 0 Å². The molecule has 1 amide bonds. The van der Waals surface area contributed by atoms with Crippen LogP contribution in [0, 0.1) is 5.92 Å². The van der Waals surface area contributed by atoms with Crippen molar-refractivity contribution in [1.29, 1.82) is 0 Å². The van der Waals surface area contributed by atoms with Crippen LogP contribution in [-0.2, 0) is 4.79 Å². The molecule has 0 fully saturated rings. The molecule has 0 aliphatic rings. The van der Waals surface area contributed by atoms with Crippen LogP contribution in [0.1, 0.15) is 27.2 Å². The minimum atomic E-state index is -0.0752. The minimum Gasteiger partial charge on any atom is -0.358 e. The number of likely N-dealkylation sites (N-methyl/N-ethyl adjacent to an activating group) is 1. The molecular formula is C9H20N2O. The van der Waals surface area contributed by atoms with Crippen molar-refractivity contribution < 1.29 is 4.79 Å². The molecule has 1 atom stereocenters. The lowest BCUT2D eigenvalue weighted by atomic mass is 10.1. The Bertz CT molecular complexity index is 134. The number of hydrogen-bond donors (Lipinski definition) is 2. The fourth-order valence-corrected chi connectivity index (χ4v) is 0.898. The molecule has 0 aromatic heterocycles. The van der Waals surface area contributed by atoms with E-state index in [0.29, 0.717) is 5.92 Å². The average Bonchev–Trinajstić information content (AvgIpc) is 2.02. The third-order valence-electron chi connectivity index (χ3n) is 1.81. The van der Waals surface area contributed by atoms with Crippen molar-refractivity contribution in [1.82, 2.24) is 10.6 Å². The van der Waals surface area contributed by atoms with Crippen molar-refractivity contribution in [3.8, 4) is 0 Å². The topological polar surface area (TPSA) is 41.1 Å². The Morgan fingerprint density at radius 3 is 2.33 bits per heavy atom. The lowest BCUT2D eigenvalue weighted by molar-refractivity contribution is -0.122. The van der Waals surface area contributed by atoms with Gasteiger partial charge in [-0.05, 0) is 25.8 Å². The molecule has 0 rings (SSSR count). The maximum absolute atomic E-state index is 11.0. The van der Waals surface area contributed by atoms with Crippen LogP contribution in [0.2, 0.25) is 0 Å². The van der Waals surface area contributed by atoms with Crippen LogP contribution in [0.5, 0.6) is 0 Å². The second-order valence-electron chi connectivity index (χ2n) is 3.47. The molecule has 0 aromatic rings. The quantitative estimate of drug-likeness (QED) is 0.642. The number of carbonyl (C=O) groups excluding carboxylic acids is 1. The van der Waals surface area contributed by atoms with Gasteiger partial charge in [-0.2, -0.15) is 0 Å². The van der Waals surface area contributed by atoms with Gasteiger partial charge < -0.3 is 10.6 Å². The number of nitrogens with one attached hydrogen (secondary N) is 2. The highest BCUT2D eigenvalue weighted by Crippen LogP contribution is 1.96. The van der Waals surface area contributed by atoms with E-state index < -0.39 is 0 Å². The summed E-state index contributed by atoms with van der Waals surface area (Å²) in [4.78, 5) is 11.0. The van der Waals surface area contributed by atoms with Crippen LogP contribution in [0.3, 0.4) is 0 Å². The summed E-state index contributed by atoms with van der Waals surface area (Å²) < 4.78 is 0. The fourth-order valence-electron chi connectivity index (χ4n) is 0.898. The summed E-state index contributed by atoms with van der Waals surface area (Å²) in [5.74, 6) is 0.744. The van der Waals surface area contributed by atoms with Crippen LogP contribution >= 0.6 is 0 Å². The van der Waals surface area contributed by atoms with Crippen LogP contribution in [0.4, 0.5) is 0 Å². The lowest BCUT2D eigenvalue weighted by Gasteiger charge is -2.12. The first-order valence-electron chi connectivity index (χ1n) is 4.53. The van der Waals surface area contributed by atoms with E-state index >= 15 is 0 Å².